The number of hydrogen-bond acceptors (Lipinski definition) is 5. The summed E-state index contributed by atoms with van der Waals surface area (Å²) in [5.74, 6) is -0.451. The number of carbonyl (C=O) groups excluding carboxylic acids is 1. The van der Waals surface area contributed by atoms with E-state index >= 15 is 0 Å². The molecule has 1 rings (SSSR count). The standard InChI is InChI=1S/C16H32N2O3Si/c1-13(16(19)21-10-11-22(4,5)6)14(2)17-18-9-7-8-15(18)12-20-3/h13,15H,7-12H2,1-6H3/b17-14+. The Kier molecular flexibility index (Phi) is 7.55. The second kappa shape index (κ2) is 8.67. The summed E-state index contributed by atoms with van der Waals surface area (Å²) in [6, 6.07) is 1.33. The lowest BCUT2D eigenvalue weighted by Crippen LogP contribution is -2.32. The number of nitrogens with zero attached hydrogens (tertiary/aromatic N) is 2. The van der Waals surface area contributed by atoms with E-state index in [0.29, 0.717) is 19.3 Å². The third-order valence-electron chi connectivity index (χ3n) is 4.07. The van der Waals surface area contributed by atoms with Crippen LogP contribution < -0.4 is 0 Å². The Balaban J connectivity index is 2.50. The lowest BCUT2D eigenvalue weighted by molar-refractivity contribution is -0.145. The van der Waals surface area contributed by atoms with E-state index in [-0.39, 0.29) is 11.9 Å². The minimum absolute atomic E-state index is 0.165. The molecule has 0 aliphatic carbocycles. The molecule has 5 nitrogen and oxygen atoms in total. The van der Waals surface area contributed by atoms with Crippen molar-refractivity contribution in [3.05, 3.63) is 0 Å². The van der Waals surface area contributed by atoms with Crippen LogP contribution in [-0.2, 0) is 14.3 Å². The summed E-state index contributed by atoms with van der Waals surface area (Å²) in [7, 11) is 0.550. The lowest BCUT2D eigenvalue weighted by Gasteiger charge is -2.23. The zero-order valence-corrected chi connectivity index (χ0v) is 16.0. The van der Waals surface area contributed by atoms with Gasteiger partial charge in [-0.25, -0.2) is 0 Å². The fourth-order valence-corrected chi connectivity index (χ4v) is 3.07. The van der Waals surface area contributed by atoms with Gasteiger partial charge in [0.05, 0.1) is 25.2 Å². The maximum Gasteiger partial charge on any atom is 0.314 e. The van der Waals surface area contributed by atoms with Crippen molar-refractivity contribution in [2.45, 2.75) is 58.4 Å². The molecule has 0 aromatic rings. The highest BCUT2D eigenvalue weighted by molar-refractivity contribution is 6.76. The van der Waals surface area contributed by atoms with Crippen LogP contribution in [0.1, 0.15) is 26.7 Å². The summed E-state index contributed by atoms with van der Waals surface area (Å²) in [5.41, 5.74) is 0.820. The zero-order valence-electron chi connectivity index (χ0n) is 15.0. The molecule has 6 heteroatoms. The van der Waals surface area contributed by atoms with Crippen LogP contribution in [0.2, 0.25) is 25.7 Å². The Bertz CT molecular complexity index is 393. The summed E-state index contributed by atoms with van der Waals surface area (Å²) in [5, 5.41) is 6.69. The molecule has 0 saturated carbocycles. The summed E-state index contributed by atoms with van der Waals surface area (Å²) in [6.45, 7) is 12.8. The summed E-state index contributed by atoms with van der Waals surface area (Å²) >= 11 is 0. The maximum absolute atomic E-state index is 12.1. The van der Waals surface area contributed by atoms with Crippen molar-refractivity contribution < 1.29 is 14.3 Å². The largest absolute Gasteiger partial charge is 0.466 e. The molecule has 128 valence electrons. The highest BCUT2D eigenvalue weighted by Crippen LogP contribution is 2.19. The highest BCUT2D eigenvalue weighted by Gasteiger charge is 2.25. The highest BCUT2D eigenvalue weighted by atomic mass is 28.3. The van der Waals surface area contributed by atoms with Crippen molar-refractivity contribution in [2.75, 3.05) is 26.9 Å². The van der Waals surface area contributed by atoms with Gasteiger partial charge in [0.1, 0.15) is 0 Å². The molecule has 1 heterocycles. The molecule has 0 amide bonds. The third kappa shape index (κ3) is 6.48. The quantitative estimate of drug-likeness (QED) is 0.390. The first kappa shape index (κ1) is 19.2. The Labute approximate surface area is 136 Å². The van der Waals surface area contributed by atoms with Crippen LogP contribution in [0.5, 0.6) is 0 Å². The molecule has 0 bridgehead atoms. The fraction of sp³-hybridized carbons (Fsp3) is 0.875. The van der Waals surface area contributed by atoms with Crippen LogP contribution >= 0.6 is 0 Å². The molecule has 22 heavy (non-hydrogen) atoms. The SMILES string of the molecule is COCC1CCCN1/N=C(\C)C(C)C(=O)OCC[Si](C)(C)C. The zero-order chi connectivity index (χ0) is 16.8. The molecule has 0 N–H and O–H groups in total. The predicted octanol–water partition coefficient (Wildman–Crippen LogP) is 2.99. The van der Waals surface area contributed by atoms with E-state index in [4.69, 9.17) is 9.47 Å². The smallest absolute Gasteiger partial charge is 0.314 e. The number of methoxy groups -OCH3 is 1. The van der Waals surface area contributed by atoms with Crippen LogP contribution in [0.4, 0.5) is 0 Å². The molecule has 0 aromatic carbocycles. The van der Waals surface area contributed by atoms with Gasteiger partial charge in [0, 0.05) is 27.4 Å². The topological polar surface area (TPSA) is 51.1 Å². The van der Waals surface area contributed by atoms with Crippen LogP contribution in [0, 0.1) is 5.92 Å². The van der Waals surface area contributed by atoms with E-state index in [1.54, 1.807) is 7.11 Å². The molecule has 0 radical (unpaired) electrons. The van der Waals surface area contributed by atoms with Crippen molar-refractivity contribution in [1.82, 2.24) is 5.01 Å². The molecule has 1 fully saturated rings. The second-order valence-corrected chi connectivity index (χ2v) is 13.0. The molecule has 0 spiro atoms. The maximum atomic E-state index is 12.1. The Morgan fingerprint density at radius 1 is 1.41 bits per heavy atom. The Morgan fingerprint density at radius 2 is 2.09 bits per heavy atom. The number of hydrogen-bond donors (Lipinski definition) is 0. The fourth-order valence-electron chi connectivity index (χ4n) is 2.36. The first-order valence-corrected chi connectivity index (χ1v) is 11.9. The second-order valence-electron chi connectivity index (χ2n) is 7.36. The molecular weight excluding hydrogens is 296 g/mol. The van der Waals surface area contributed by atoms with Gasteiger partial charge in [-0.2, -0.15) is 5.10 Å². The van der Waals surface area contributed by atoms with Crippen molar-refractivity contribution in [1.29, 1.82) is 0 Å². The number of rotatable bonds is 8. The Morgan fingerprint density at radius 3 is 2.68 bits per heavy atom. The molecule has 1 aliphatic rings. The van der Waals surface area contributed by atoms with Gasteiger partial charge in [-0.1, -0.05) is 19.6 Å². The van der Waals surface area contributed by atoms with Gasteiger partial charge < -0.3 is 9.47 Å². The van der Waals surface area contributed by atoms with E-state index in [1.807, 2.05) is 13.8 Å². The molecule has 1 aliphatic heterocycles. The van der Waals surface area contributed by atoms with Crippen LogP contribution in [-0.4, -0.2) is 57.7 Å². The summed E-state index contributed by atoms with van der Waals surface area (Å²) < 4.78 is 10.6. The molecule has 0 aromatic heterocycles. The van der Waals surface area contributed by atoms with Crippen molar-refractivity contribution in [3.63, 3.8) is 0 Å². The summed E-state index contributed by atoms with van der Waals surface area (Å²) in [4.78, 5) is 12.1. The normalized spacial score (nSPS) is 21.1. The molecular formula is C16H32N2O3Si. The van der Waals surface area contributed by atoms with E-state index in [0.717, 1.165) is 31.1 Å². The molecule has 2 atom stereocenters. The van der Waals surface area contributed by atoms with Gasteiger partial charge >= 0.3 is 5.97 Å². The van der Waals surface area contributed by atoms with Crippen molar-refractivity contribution >= 4 is 19.8 Å². The minimum atomic E-state index is -1.16. The van der Waals surface area contributed by atoms with Crippen molar-refractivity contribution in [3.8, 4) is 0 Å². The van der Waals surface area contributed by atoms with Gasteiger partial charge in [0.15, 0.2) is 0 Å². The third-order valence-corrected chi connectivity index (χ3v) is 5.77. The van der Waals surface area contributed by atoms with Gasteiger partial charge in [-0.05, 0) is 32.7 Å². The number of hydrazone groups is 1. The molecule has 2 unspecified atom stereocenters. The van der Waals surface area contributed by atoms with Gasteiger partial charge in [-0.15, -0.1) is 0 Å². The van der Waals surface area contributed by atoms with Gasteiger partial charge in [-0.3, -0.25) is 9.80 Å². The van der Waals surface area contributed by atoms with Crippen LogP contribution in [0.25, 0.3) is 0 Å². The number of esters is 1. The van der Waals surface area contributed by atoms with E-state index < -0.39 is 8.07 Å². The van der Waals surface area contributed by atoms with Crippen LogP contribution in [0.15, 0.2) is 5.10 Å². The monoisotopic (exact) mass is 328 g/mol. The van der Waals surface area contributed by atoms with Gasteiger partial charge in [0.25, 0.3) is 0 Å². The first-order chi connectivity index (χ1) is 10.2. The lowest BCUT2D eigenvalue weighted by atomic mass is 10.1. The van der Waals surface area contributed by atoms with Crippen LogP contribution in [0.3, 0.4) is 0 Å². The number of ether oxygens (including phenoxy) is 2. The van der Waals surface area contributed by atoms with E-state index in [9.17, 15) is 4.79 Å². The Hall–Kier alpha value is -0.883. The molecule has 1 saturated heterocycles. The average molecular weight is 329 g/mol. The van der Waals surface area contributed by atoms with E-state index in [2.05, 4.69) is 29.8 Å². The van der Waals surface area contributed by atoms with E-state index in [1.165, 1.54) is 0 Å². The average Bonchev–Trinajstić information content (AvgIpc) is 2.84. The van der Waals surface area contributed by atoms with Crippen molar-refractivity contribution in [2.24, 2.45) is 11.0 Å². The predicted molar refractivity (Wildman–Crippen MR) is 93.0 cm³/mol. The summed E-state index contributed by atoms with van der Waals surface area (Å²) in [6.07, 6.45) is 2.22. The number of carbonyl (C=O) groups is 1. The first-order valence-electron chi connectivity index (χ1n) is 8.22. The minimum Gasteiger partial charge on any atom is -0.466 e. The van der Waals surface area contributed by atoms with Gasteiger partial charge in [0.2, 0.25) is 0 Å².